The van der Waals surface area contributed by atoms with Crippen LogP contribution in [-0.2, 0) is 80.8 Å². The van der Waals surface area contributed by atoms with Crippen LogP contribution in [0.15, 0.2) is 23.8 Å². The van der Waals surface area contributed by atoms with Crippen molar-refractivity contribution in [3.8, 4) is 0 Å². The van der Waals surface area contributed by atoms with Gasteiger partial charge in [0, 0.05) is 38.5 Å². The predicted octanol–water partition coefficient (Wildman–Crippen LogP) is 0.864. The van der Waals surface area contributed by atoms with E-state index in [1.54, 1.807) is 13.8 Å². The molecule has 80 heavy (non-hydrogen) atoms. The second kappa shape index (κ2) is 21.7. The summed E-state index contributed by atoms with van der Waals surface area (Å²) in [4.78, 5) is 50.1. The van der Waals surface area contributed by atoms with Gasteiger partial charge in [0.1, 0.15) is 42.7 Å². The first kappa shape index (κ1) is 59.9. The summed E-state index contributed by atoms with van der Waals surface area (Å²) < 4.78 is 79.7. The first-order chi connectivity index (χ1) is 37.5. The van der Waals surface area contributed by atoms with E-state index in [4.69, 9.17) is 61.6 Å². The average molecular weight is 1140 g/mol. The molecule has 450 valence electrons. The molecule has 2 spiro atoms. The van der Waals surface area contributed by atoms with E-state index in [-0.39, 0.29) is 61.2 Å². The zero-order valence-corrected chi connectivity index (χ0v) is 47.1. The molecular formula is C56H82O24. The Hall–Kier alpha value is -3.28. The van der Waals surface area contributed by atoms with Gasteiger partial charge in [-0.25, -0.2) is 4.79 Å². The minimum Gasteiger partial charge on any atom is -0.456 e. The van der Waals surface area contributed by atoms with Crippen LogP contribution in [0.5, 0.6) is 0 Å². The molecule has 0 aromatic carbocycles. The van der Waals surface area contributed by atoms with Crippen molar-refractivity contribution >= 4 is 23.9 Å². The Bertz CT molecular complexity index is 2420. The van der Waals surface area contributed by atoms with Gasteiger partial charge in [-0.05, 0) is 94.0 Å². The Labute approximate surface area is 464 Å². The molecule has 3 saturated carbocycles. The summed E-state index contributed by atoms with van der Waals surface area (Å²) in [5, 5.41) is 80.5. The first-order valence-corrected chi connectivity index (χ1v) is 28.3. The molecule has 6 saturated heterocycles. The standard InChI is InChI=1S/C56H82O24/c1-12-53(10,67)47-48(66)80-56(79-47)25(5)71-49(39(63)45(56)64)76-40-22(2)20-69-55(46(40)65)23(3)37-35(78-55)19-33-31-14-13-29-17-30(60)18-36(54(29,11)32(31)15-16-52(33,37)9)75-50-42(38(62)34(61)21-68-50)77-51-44(74-28(8)59)43(73-27(7)58)41(24(4)70-51)72-26(6)57/h13,23-25,30-47,49-51,60-65,67H,2,12,14-21H2,1,3-11H3/t23-,24-,25+,30+,31+,32-,33-,34-,35-,36+,37-,38-,39+,40-,41-,42+,43+,44+,45+,46-,47-,49-,50-,51-,52-,53+,54-,55-,56+/m0/s1. The van der Waals surface area contributed by atoms with Gasteiger partial charge in [-0.3, -0.25) is 14.4 Å². The highest BCUT2D eigenvalue weighted by Gasteiger charge is 2.73. The third-order valence-electron chi connectivity index (χ3n) is 20.2. The smallest absolute Gasteiger partial charge is 0.341 e. The van der Waals surface area contributed by atoms with Crippen molar-refractivity contribution in [2.24, 2.45) is 40.4 Å². The van der Waals surface area contributed by atoms with Crippen molar-refractivity contribution in [1.29, 1.82) is 0 Å². The molecule has 4 aliphatic carbocycles. The maximum atomic E-state index is 13.0. The Morgan fingerprint density at radius 3 is 2.15 bits per heavy atom. The lowest BCUT2D eigenvalue weighted by Gasteiger charge is -2.60. The van der Waals surface area contributed by atoms with Gasteiger partial charge in [0.2, 0.25) is 5.79 Å². The van der Waals surface area contributed by atoms with Gasteiger partial charge in [-0.2, -0.15) is 0 Å². The number of esters is 4. The van der Waals surface area contributed by atoms with Crippen molar-refractivity contribution in [2.45, 2.75) is 248 Å². The van der Waals surface area contributed by atoms with Crippen molar-refractivity contribution < 1.29 is 117 Å². The minimum absolute atomic E-state index is 0.0264. The van der Waals surface area contributed by atoms with Gasteiger partial charge in [-0.1, -0.05) is 45.9 Å². The van der Waals surface area contributed by atoms with Crippen LogP contribution in [0.3, 0.4) is 0 Å². The van der Waals surface area contributed by atoms with Gasteiger partial charge < -0.3 is 97.3 Å². The molecule has 9 fully saturated rings. The van der Waals surface area contributed by atoms with E-state index in [1.165, 1.54) is 13.8 Å². The Balaban J connectivity index is 0.856. The summed E-state index contributed by atoms with van der Waals surface area (Å²) in [6.45, 7) is 19.7. The molecular weight excluding hydrogens is 1060 g/mol. The highest BCUT2D eigenvalue weighted by atomic mass is 16.8. The number of carbonyl (C=O) groups is 4. The number of hydrogen-bond donors (Lipinski definition) is 7. The Morgan fingerprint density at radius 2 is 1.48 bits per heavy atom. The van der Waals surface area contributed by atoms with E-state index in [2.05, 4.69) is 26.5 Å². The van der Waals surface area contributed by atoms with Crippen LogP contribution in [0.25, 0.3) is 0 Å². The molecule has 0 amide bonds. The highest BCUT2D eigenvalue weighted by Crippen LogP contribution is 2.71. The molecule has 24 heteroatoms. The zero-order valence-electron chi connectivity index (χ0n) is 47.1. The van der Waals surface area contributed by atoms with Gasteiger partial charge >= 0.3 is 23.9 Å². The molecule has 10 aliphatic rings. The molecule has 7 N–H and O–H groups in total. The second-order valence-corrected chi connectivity index (χ2v) is 25.0. The fourth-order valence-electron chi connectivity index (χ4n) is 16.0. The van der Waals surface area contributed by atoms with Gasteiger partial charge in [-0.15, -0.1) is 0 Å². The predicted molar refractivity (Wildman–Crippen MR) is 268 cm³/mol. The third-order valence-corrected chi connectivity index (χ3v) is 20.2. The topological polar surface area (TPSA) is 330 Å². The van der Waals surface area contributed by atoms with E-state index in [1.807, 2.05) is 6.92 Å². The first-order valence-electron chi connectivity index (χ1n) is 28.3. The number of aliphatic hydroxyl groups excluding tert-OH is 6. The van der Waals surface area contributed by atoms with Crippen molar-refractivity contribution in [2.75, 3.05) is 13.2 Å². The van der Waals surface area contributed by atoms with E-state index in [9.17, 15) is 54.9 Å². The van der Waals surface area contributed by atoms with Gasteiger partial charge in [0.15, 0.2) is 49.4 Å². The number of fused-ring (bicyclic) bond motifs is 7. The monoisotopic (exact) mass is 1140 g/mol. The van der Waals surface area contributed by atoms with Crippen LogP contribution in [-0.4, -0.2) is 207 Å². The second-order valence-electron chi connectivity index (χ2n) is 25.0. The van der Waals surface area contributed by atoms with Crippen molar-refractivity contribution in [3.05, 3.63) is 23.8 Å². The molecule has 24 nitrogen and oxygen atoms in total. The highest BCUT2D eigenvalue weighted by molar-refractivity contribution is 5.78. The van der Waals surface area contributed by atoms with E-state index in [0.29, 0.717) is 18.4 Å². The normalized spacial score (nSPS) is 51.5. The summed E-state index contributed by atoms with van der Waals surface area (Å²) in [7, 11) is 0. The lowest BCUT2D eigenvalue weighted by atomic mass is 9.46. The number of ether oxygens (including phenoxy) is 13. The van der Waals surface area contributed by atoms with Crippen molar-refractivity contribution in [3.63, 3.8) is 0 Å². The number of rotatable bonds is 11. The zero-order chi connectivity index (χ0) is 58.1. The lowest BCUT2D eigenvalue weighted by molar-refractivity contribution is -0.393. The molecule has 0 bridgehead atoms. The van der Waals surface area contributed by atoms with Gasteiger partial charge in [0.25, 0.3) is 5.79 Å². The maximum absolute atomic E-state index is 13.0. The summed E-state index contributed by atoms with van der Waals surface area (Å²) in [6, 6.07) is 0. The van der Waals surface area contributed by atoms with Crippen LogP contribution >= 0.6 is 0 Å². The minimum atomic E-state index is -2.16. The molecule has 0 unspecified atom stereocenters. The molecule has 0 radical (unpaired) electrons. The van der Waals surface area contributed by atoms with Gasteiger partial charge in [0.05, 0.1) is 43.2 Å². The number of aliphatic hydroxyl groups is 7. The summed E-state index contributed by atoms with van der Waals surface area (Å²) in [6.07, 6.45) is -19.3. The fourth-order valence-corrected chi connectivity index (χ4v) is 16.0. The SMILES string of the molecule is C=C1CO[C@@]2(O[C@H]3C[C@H]4[C@@H]5CC=C6C[C@@H](O)C[C@@H](O[C@@H]7OC[C@H](O)[C@H](O)[C@H]7O[C@@H]7O[C@@H](C)[C@H](OC(C)=O)[C@@H](OC(C)=O)[C@H]7OC(C)=O)[C@]6(C)[C@H]5CC[C@]4(C)[C@H]3[C@@H]2C)[C@@H](O)[C@H]1O[C@@H]1O[C@H](C)[C@@]2(OC(=O)[C@@H]([C@](C)(O)CC)O2)[C@H](O)[C@H]1O. The molecule has 6 aliphatic heterocycles. The quantitative estimate of drug-likeness (QED) is 0.0857. The number of hydrogen-bond acceptors (Lipinski definition) is 24. The average Bonchev–Trinajstić information content (AvgIpc) is 4.20. The molecule has 29 atom stereocenters. The third kappa shape index (κ3) is 9.69. The summed E-state index contributed by atoms with van der Waals surface area (Å²) in [5.41, 5.74) is -1.27. The summed E-state index contributed by atoms with van der Waals surface area (Å²) >= 11 is 0. The van der Waals surface area contributed by atoms with Crippen LogP contribution in [0, 0.1) is 40.4 Å². The Morgan fingerprint density at radius 1 is 0.800 bits per heavy atom. The largest absolute Gasteiger partial charge is 0.456 e. The lowest BCUT2D eigenvalue weighted by Crippen LogP contribution is -2.68. The van der Waals surface area contributed by atoms with Crippen LogP contribution < -0.4 is 0 Å². The molecule has 0 aromatic rings. The van der Waals surface area contributed by atoms with Crippen LogP contribution in [0.1, 0.15) is 114 Å². The molecule has 10 rings (SSSR count). The van der Waals surface area contributed by atoms with E-state index < -0.39 is 163 Å². The Kier molecular flexibility index (Phi) is 16.2. The van der Waals surface area contributed by atoms with E-state index in [0.717, 1.165) is 45.6 Å². The maximum Gasteiger partial charge on any atom is 0.341 e. The summed E-state index contributed by atoms with van der Waals surface area (Å²) in [5.74, 6) is -7.17. The molecule has 6 heterocycles. The van der Waals surface area contributed by atoms with Crippen LogP contribution in [0.4, 0.5) is 0 Å². The van der Waals surface area contributed by atoms with Crippen molar-refractivity contribution in [1.82, 2.24) is 0 Å². The van der Waals surface area contributed by atoms with E-state index >= 15 is 0 Å². The van der Waals surface area contributed by atoms with Crippen LogP contribution in [0.2, 0.25) is 0 Å². The molecule has 0 aromatic heterocycles. The number of carbonyl (C=O) groups excluding carboxylic acids is 4. The fraction of sp³-hybridized carbons (Fsp3) is 0.857. The number of allylic oxidation sites excluding steroid dienone is 1.